The lowest BCUT2D eigenvalue weighted by Gasteiger charge is -2.53. The second-order valence-electron chi connectivity index (χ2n) is 3.81. The van der Waals surface area contributed by atoms with E-state index in [2.05, 4.69) is 0 Å². The van der Waals surface area contributed by atoms with Crippen LogP contribution in [0, 0.1) is 11.3 Å². The molecule has 0 spiro atoms. The largest absolute Gasteiger partial charge is 0.297 e. The lowest BCUT2D eigenvalue weighted by atomic mass is 9.54. The van der Waals surface area contributed by atoms with Gasteiger partial charge in [0.15, 0.2) is 5.78 Å². The predicted molar refractivity (Wildman–Crippen MR) is 42.2 cm³/mol. The molecule has 1 rings (SSSR count). The van der Waals surface area contributed by atoms with Crippen molar-refractivity contribution in [1.82, 2.24) is 0 Å². The molecule has 0 aromatic heterocycles. The van der Waals surface area contributed by atoms with E-state index in [0.717, 1.165) is 0 Å². The second-order valence-corrected chi connectivity index (χ2v) is 4.57. The van der Waals surface area contributed by atoms with Crippen LogP contribution in [0.15, 0.2) is 0 Å². The van der Waals surface area contributed by atoms with E-state index in [1.54, 1.807) is 6.92 Å². The summed E-state index contributed by atoms with van der Waals surface area (Å²) in [6, 6.07) is 0. The number of alkyl halides is 1. The van der Waals surface area contributed by atoms with Crippen LogP contribution in [0.25, 0.3) is 0 Å². The third-order valence-electron chi connectivity index (χ3n) is 3.15. The Labute approximate surface area is 66.8 Å². The molecule has 0 aromatic rings. The smallest absolute Gasteiger partial charge is 0.157 e. The van der Waals surface area contributed by atoms with Gasteiger partial charge in [0.05, 0.1) is 0 Å². The number of Topliss-reactive ketones (excluding diaryl/α,β-unsaturated/α-hetero) is 1. The van der Waals surface area contributed by atoms with Crippen molar-refractivity contribution < 1.29 is 4.79 Å². The summed E-state index contributed by atoms with van der Waals surface area (Å²) in [5, 5.41) is 0. The highest BCUT2D eigenvalue weighted by molar-refractivity contribution is 6.38. The summed E-state index contributed by atoms with van der Waals surface area (Å²) in [7, 11) is 0. The van der Waals surface area contributed by atoms with E-state index in [1.807, 2.05) is 20.8 Å². The van der Waals surface area contributed by atoms with Crippen LogP contribution in [-0.2, 0) is 4.79 Å². The van der Waals surface area contributed by atoms with Gasteiger partial charge in [-0.15, -0.1) is 11.6 Å². The molecule has 0 aliphatic heterocycles. The Hall–Kier alpha value is -0.0400. The summed E-state index contributed by atoms with van der Waals surface area (Å²) in [4.78, 5) is 10.5. The van der Waals surface area contributed by atoms with E-state index in [1.165, 1.54) is 0 Å². The van der Waals surface area contributed by atoms with Gasteiger partial charge in [0.2, 0.25) is 0 Å². The number of ketones is 1. The SMILES string of the molecule is CC1C(=O)C(C)(Cl)C1(C)C. The van der Waals surface area contributed by atoms with Gasteiger partial charge in [-0.05, 0) is 6.92 Å². The van der Waals surface area contributed by atoms with Gasteiger partial charge in [0.25, 0.3) is 0 Å². The molecular weight excluding hydrogens is 148 g/mol. The molecule has 1 nitrogen and oxygen atoms in total. The number of carbonyl (C=O) groups excluding carboxylic acids is 1. The minimum absolute atomic E-state index is 0.0361. The minimum Gasteiger partial charge on any atom is -0.297 e. The van der Waals surface area contributed by atoms with Crippen molar-refractivity contribution in [2.45, 2.75) is 32.6 Å². The molecule has 0 amide bonds. The van der Waals surface area contributed by atoms with Crippen molar-refractivity contribution in [3.05, 3.63) is 0 Å². The van der Waals surface area contributed by atoms with Gasteiger partial charge >= 0.3 is 0 Å². The van der Waals surface area contributed by atoms with Crippen molar-refractivity contribution in [3.63, 3.8) is 0 Å². The first-order valence-electron chi connectivity index (χ1n) is 3.55. The molecule has 2 heteroatoms. The number of halogens is 1. The van der Waals surface area contributed by atoms with Gasteiger partial charge in [-0.3, -0.25) is 4.79 Å². The first-order chi connectivity index (χ1) is 4.32. The molecule has 1 saturated carbocycles. The Kier molecular flexibility index (Phi) is 1.42. The molecule has 1 fully saturated rings. The van der Waals surface area contributed by atoms with Gasteiger partial charge in [-0.2, -0.15) is 0 Å². The number of hydrogen-bond donors (Lipinski definition) is 0. The van der Waals surface area contributed by atoms with Crippen molar-refractivity contribution in [2.75, 3.05) is 0 Å². The third kappa shape index (κ3) is 0.619. The normalized spacial score (nSPS) is 44.9. The molecule has 0 bridgehead atoms. The van der Waals surface area contributed by atoms with Gasteiger partial charge in [-0.25, -0.2) is 0 Å². The second kappa shape index (κ2) is 1.76. The third-order valence-corrected chi connectivity index (χ3v) is 3.82. The quantitative estimate of drug-likeness (QED) is 0.497. The summed E-state index contributed by atoms with van der Waals surface area (Å²) in [5.41, 5.74) is -0.0361. The molecule has 0 N–H and O–H groups in total. The topological polar surface area (TPSA) is 17.1 Å². The van der Waals surface area contributed by atoms with Crippen LogP contribution >= 0.6 is 11.6 Å². The fraction of sp³-hybridized carbons (Fsp3) is 0.875. The average Bonchev–Trinajstić information content (AvgIpc) is 1.84. The van der Waals surface area contributed by atoms with Gasteiger partial charge in [0.1, 0.15) is 4.87 Å². The van der Waals surface area contributed by atoms with E-state index >= 15 is 0 Å². The van der Waals surface area contributed by atoms with Crippen LogP contribution in [0.2, 0.25) is 0 Å². The van der Waals surface area contributed by atoms with Crippen molar-refractivity contribution in [3.8, 4) is 0 Å². The average molecular weight is 161 g/mol. The van der Waals surface area contributed by atoms with E-state index in [9.17, 15) is 4.79 Å². The maximum Gasteiger partial charge on any atom is 0.157 e. The fourth-order valence-corrected chi connectivity index (χ4v) is 1.71. The zero-order valence-electron chi connectivity index (χ0n) is 6.86. The summed E-state index contributed by atoms with van der Waals surface area (Å²) >= 11 is 5.99. The van der Waals surface area contributed by atoms with E-state index in [0.29, 0.717) is 0 Å². The predicted octanol–water partition coefficient (Wildman–Crippen LogP) is 2.23. The minimum atomic E-state index is -0.619. The summed E-state index contributed by atoms with van der Waals surface area (Å²) in [5.74, 6) is 0.300. The highest BCUT2D eigenvalue weighted by Gasteiger charge is 2.61. The maximum absolute atomic E-state index is 11.2. The van der Waals surface area contributed by atoms with Crippen LogP contribution in [0.5, 0.6) is 0 Å². The zero-order chi connectivity index (χ0) is 8.15. The number of hydrogen-bond acceptors (Lipinski definition) is 1. The zero-order valence-corrected chi connectivity index (χ0v) is 7.62. The summed E-state index contributed by atoms with van der Waals surface area (Å²) in [6.45, 7) is 7.81. The highest BCUT2D eigenvalue weighted by atomic mass is 35.5. The molecule has 0 radical (unpaired) electrons. The first kappa shape index (κ1) is 8.06. The Morgan fingerprint density at radius 2 is 1.80 bits per heavy atom. The van der Waals surface area contributed by atoms with Crippen LogP contribution in [0.4, 0.5) is 0 Å². The molecule has 0 saturated heterocycles. The van der Waals surface area contributed by atoms with E-state index in [4.69, 9.17) is 11.6 Å². The summed E-state index contributed by atoms with van der Waals surface area (Å²) < 4.78 is 0. The molecular formula is C8H13ClO. The fourth-order valence-electron chi connectivity index (χ4n) is 1.38. The van der Waals surface area contributed by atoms with E-state index < -0.39 is 4.87 Å². The van der Waals surface area contributed by atoms with Crippen molar-refractivity contribution >= 4 is 17.4 Å². The molecule has 0 aromatic carbocycles. The molecule has 10 heavy (non-hydrogen) atoms. The standard InChI is InChI=1S/C8H13ClO/c1-5-6(10)8(4,9)7(5,2)3/h5H,1-4H3. The van der Waals surface area contributed by atoms with Gasteiger partial charge in [0, 0.05) is 11.3 Å². The van der Waals surface area contributed by atoms with Crippen molar-refractivity contribution in [1.29, 1.82) is 0 Å². The molecule has 2 atom stereocenters. The summed E-state index contributed by atoms with van der Waals surface area (Å²) in [6.07, 6.45) is 0. The molecule has 58 valence electrons. The van der Waals surface area contributed by atoms with Crippen LogP contribution in [0.3, 0.4) is 0 Å². The van der Waals surface area contributed by atoms with Crippen LogP contribution < -0.4 is 0 Å². The highest BCUT2D eigenvalue weighted by Crippen LogP contribution is 2.54. The van der Waals surface area contributed by atoms with Gasteiger partial charge < -0.3 is 0 Å². The van der Waals surface area contributed by atoms with E-state index in [-0.39, 0.29) is 17.1 Å². The number of rotatable bonds is 0. The molecule has 1 aliphatic rings. The Balaban J connectivity index is 2.92. The Morgan fingerprint density at radius 3 is 1.90 bits per heavy atom. The van der Waals surface area contributed by atoms with Gasteiger partial charge in [-0.1, -0.05) is 20.8 Å². The number of carbonyl (C=O) groups is 1. The van der Waals surface area contributed by atoms with Crippen LogP contribution in [-0.4, -0.2) is 10.7 Å². The Morgan fingerprint density at radius 1 is 1.40 bits per heavy atom. The monoisotopic (exact) mass is 160 g/mol. The first-order valence-corrected chi connectivity index (χ1v) is 3.93. The molecule has 1 aliphatic carbocycles. The Bertz CT molecular complexity index is 182. The van der Waals surface area contributed by atoms with Crippen molar-refractivity contribution in [2.24, 2.45) is 11.3 Å². The lowest BCUT2D eigenvalue weighted by molar-refractivity contribution is -0.145. The maximum atomic E-state index is 11.2. The molecule has 0 heterocycles. The van der Waals surface area contributed by atoms with Crippen LogP contribution in [0.1, 0.15) is 27.7 Å². The lowest BCUT2D eigenvalue weighted by Crippen LogP contribution is -2.63. The molecule has 2 unspecified atom stereocenters.